The van der Waals surface area contributed by atoms with E-state index in [1.165, 1.54) is 29.7 Å². The first-order chi connectivity index (χ1) is 14.4. The largest absolute Gasteiger partial charge is 0.348 e. The van der Waals surface area contributed by atoms with Gasteiger partial charge in [0.25, 0.3) is 10.0 Å². The summed E-state index contributed by atoms with van der Waals surface area (Å²) >= 11 is 1.18. The van der Waals surface area contributed by atoms with E-state index in [2.05, 4.69) is 24.1 Å². The van der Waals surface area contributed by atoms with Crippen LogP contribution in [0.4, 0.5) is 5.13 Å². The first-order valence-electron chi connectivity index (χ1n) is 9.69. The minimum Gasteiger partial charge on any atom is -0.348 e. The Bertz CT molecular complexity index is 1040. The van der Waals surface area contributed by atoms with Gasteiger partial charge >= 0.3 is 0 Å². The van der Waals surface area contributed by atoms with Crippen molar-refractivity contribution in [3.05, 3.63) is 77.8 Å². The Morgan fingerprint density at radius 1 is 1.07 bits per heavy atom. The van der Waals surface area contributed by atoms with Crippen LogP contribution < -0.4 is 9.62 Å². The third kappa shape index (κ3) is 5.46. The van der Waals surface area contributed by atoms with Gasteiger partial charge in [0.2, 0.25) is 5.91 Å². The molecule has 158 valence electrons. The van der Waals surface area contributed by atoms with Crippen LogP contribution >= 0.6 is 11.3 Å². The highest BCUT2D eigenvalue weighted by Crippen LogP contribution is 2.26. The first-order valence-corrected chi connectivity index (χ1v) is 12.0. The molecule has 0 saturated carbocycles. The summed E-state index contributed by atoms with van der Waals surface area (Å²) in [5.41, 5.74) is 0.992. The number of carbonyl (C=O) groups is 1. The second kappa shape index (κ2) is 9.86. The van der Waals surface area contributed by atoms with Gasteiger partial charge in [-0.25, -0.2) is 17.7 Å². The van der Waals surface area contributed by atoms with E-state index in [1.807, 2.05) is 30.3 Å². The Balaban J connectivity index is 1.85. The second-order valence-corrected chi connectivity index (χ2v) is 10.0. The molecule has 8 heteroatoms. The molecule has 0 spiro atoms. The lowest BCUT2D eigenvalue weighted by atomic mass is 9.97. The van der Waals surface area contributed by atoms with E-state index in [4.69, 9.17) is 0 Å². The molecule has 0 saturated heterocycles. The molecule has 6 nitrogen and oxygen atoms in total. The fourth-order valence-electron chi connectivity index (χ4n) is 3.12. The fourth-order valence-corrected chi connectivity index (χ4v) is 5.39. The van der Waals surface area contributed by atoms with Crippen LogP contribution in [0.1, 0.15) is 31.9 Å². The molecule has 1 amide bonds. The molecule has 1 unspecified atom stereocenters. The molecule has 2 aromatic carbocycles. The molecule has 0 aliphatic heterocycles. The molecule has 3 aromatic rings. The Morgan fingerprint density at radius 3 is 2.27 bits per heavy atom. The van der Waals surface area contributed by atoms with E-state index in [-0.39, 0.29) is 28.5 Å². The smallest absolute Gasteiger partial charge is 0.266 e. The maximum atomic E-state index is 13.2. The molecule has 1 heterocycles. The normalized spacial score (nSPS) is 12.5. The summed E-state index contributed by atoms with van der Waals surface area (Å²) < 4.78 is 27.5. The van der Waals surface area contributed by atoms with E-state index in [1.54, 1.807) is 23.6 Å². The monoisotopic (exact) mass is 443 g/mol. The Hall–Kier alpha value is -2.71. The van der Waals surface area contributed by atoms with E-state index >= 15 is 0 Å². The quantitative estimate of drug-likeness (QED) is 0.536. The zero-order chi connectivity index (χ0) is 21.6. The number of anilines is 1. The lowest BCUT2D eigenvalue weighted by molar-refractivity contribution is -0.120. The highest BCUT2D eigenvalue weighted by molar-refractivity contribution is 7.93. The van der Waals surface area contributed by atoms with Crippen molar-refractivity contribution < 1.29 is 13.2 Å². The molecule has 1 atom stereocenters. The number of aromatic nitrogens is 1. The molecular formula is C22H25N3O3S2. The van der Waals surface area contributed by atoms with Gasteiger partial charge in [0.15, 0.2) is 5.13 Å². The number of rotatable bonds is 9. The molecule has 0 aliphatic rings. The van der Waals surface area contributed by atoms with Crippen LogP contribution in [-0.2, 0) is 14.8 Å². The highest BCUT2D eigenvalue weighted by atomic mass is 32.2. The average molecular weight is 444 g/mol. The Labute approximate surface area is 181 Å². The molecule has 1 aromatic heterocycles. The van der Waals surface area contributed by atoms with Crippen molar-refractivity contribution in [2.75, 3.05) is 10.8 Å². The molecule has 0 fully saturated rings. The number of sulfonamides is 1. The van der Waals surface area contributed by atoms with Crippen LogP contribution in [0.3, 0.4) is 0 Å². The van der Waals surface area contributed by atoms with Gasteiger partial charge in [-0.1, -0.05) is 62.4 Å². The number of thiazole rings is 1. The minimum atomic E-state index is -3.92. The Kier molecular flexibility index (Phi) is 7.23. The second-order valence-electron chi connectivity index (χ2n) is 7.30. The molecule has 1 N–H and O–H groups in total. The lowest BCUT2D eigenvalue weighted by Crippen LogP contribution is -2.42. The minimum absolute atomic E-state index is 0.120. The van der Waals surface area contributed by atoms with Crippen LogP contribution in [0.5, 0.6) is 0 Å². The van der Waals surface area contributed by atoms with Gasteiger partial charge in [0.1, 0.15) is 6.54 Å². The number of benzene rings is 2. The van der Waals surface area contributed by atoms with Crippen molar-refractivity contribution in [2.24, 2.45) is 5.92 Å². The molecule has 0 aliphatic carbocycles. The fraction of sp³-hybridized carbons (Fsp3) is 0.273. The molecule has 3 rings (SSSR count). The van der Waals surface area contributed by atoms with Gasteiger partial charge < -0.3 is 5.32 Å². The predicted octanol–water partition coefficient (Wildman–Crippen LogP) is 4.24. The van der Waals surface area contributed by atoms with Crippen LogP contribution in [0.2, 0.25) is 0 Å². The summed E-state index contributed by atoms with van der Waals surface area (Å²) in [5.74, 6) is -0.0159. The topological polar surface area (TPSA) is 79.4 Å². The predicted molar refractivity (Wildman–Crippen MR) is 120 cm³/mol. The van der Waals surface area contributed by atoms with E-state index in [9.17, 15) is 13.2 Å². The van der Waals surface area contributed by atoms with Crippen molar-refractivity contribution in [3.63, 3.8) is 0 Å². The van der Waals surface area contributed by atoms with Crippen LogP contribution in [0.25, 0.3) is 0 Å². The number of hydrogen-bond donors (Lipinski definition) is 1. The van der Waals surface area contributed by atoms with Crippen LogP contribution in [-0.4, -0.2) is 25.9 Å². The number of amides is 1. The first kappa shape index (κ1) is 22.0. The Morgan fingerprint density at radius 2 is 1.70 bits per heavy atom. The summed E-state index contributed by atoms with van der Waals surface area (Å²) in [7, 11) is -3.92. The average Bonchev–Trinajstić information content (AvgIpc) is 3.27. The third-order valence-corrected chi connectivity index (χ3v) is 7.16. The lowest BCUT2D eigenvalue weighted by Gasteiger charge is -2.25. The zero-order valence-electron chi connectivity index (χ0n) is 16.9. The van der Waals surface area contributed by atoms with Crippen LogP contribution in [0, 0.1) is 5.92 Å². The molecule has 0 radical (unpaired) electrons. The van der Waals surface area contributed by atoms with Crippen molar-refractivity contribution in [2.45, 2.75) is 31.2 Å². The number of nitrogens with zero attached hydrogens (tertiary/aromatic N) is 2. The van der Waals surface area contributed by atoms with Crippen molar-refractivity contribution >= 4 is 32.4 Å². The summed E-state index contributed by atoms with van der Waals surface area (Å²) in [6.07, 6.45) is 2.27. The number of carbonyl (C=O) groups excluding carboxylic acids is 1. The van der Waals surface area contributed by atoms with E-state index in [0.29, 0.717) is 5.92 Å². The number of nitrogens with one attached hydrogen (secondary N) is 1. The van der Waals surface area contributed by atoms with Crippen molar-refractivity contribution in [3.8, 4) is 0 Å². The summed E-state index contributed by atoms with van der Waals surface area (Å²) in [6, 6.07) is 17.6. The van der Waals surface area contributed by atoms with Crippen LogP contribution in [0.15, 0.2) is 77.1 Å². The standard InChI is InChI=1S/C22H25N3O3S2/c1-17(2)15-20(18-9-5-3-6-10-18)24-21(26)16-25(22-23-13-14-29-22)30(27,28)19-11-7-4-8-12-19/h3-14,17,20H,15-16H2,1-2H3,(H,24,26). The van der Waals surface area contributed by atoms with E-state index < -0.39 is 10.0 Å². The maximum absolute atomic E-state index is 13.2. The van der Waals surface area contributed by atoms with Gasteiger partial charge in [-0.15, -0.1) is 11.3 Å². The van der Waals surface area contributed by atoms with E-state index in [0.717, 1.165) is 16.3 Å². The van der Waals surface area contributed by atoms with Gasteiger partial charge in [-0.2, -0.15) is 0 Å². The van der Waals surface area contributed by atoms with Crippen molar-refractivity contribution in [1.82, 2.24) is 10.3 Å². The molecular weight excluding hydrogens is 418 g/mol. The maximum Gasteiger partial charge on any atom is 0.266 e. The zero-order valence-corrected chi connectivity index (χ0v) is 18.6. The summed E-state index contributed by atoms with van der Waals surface area (Å²) in [4.78, 5) is 17.2. The number of hydrogen-bond acceptors (Lipinski definition) is 5. The molecule has 30 heavy (non-hydrogen) atoms. The summed E-state index contributed by atoms with van der Waals surface area (Å²) in [6.45, 7) is 3.83. The van der Waals surface area contributed by atoms with Gasteiger partial charge in [0.05, 0.1) is 10.9 Å². The molecule has 0 bridgehead atoms. The third-order valence-electron chi connectivity index (χ3n) is 4.50. The highest BCUT2D eigenvalue weighted by Gasteiger charge is 2.29. The summed E-state index contributed by atoms with van der Waals surface area (Å²) in [5, 5.41) is 4.96. The van der Waals surface area contributed by atoms with Gasteiger partial charge in [-0.3, -0.25) is 4.79 Å². The van der Waals surface area contributed by atoms with Gasteiger partial charge in [0, 0.05) is 11.6 Å². The SMILES string of the molecule is CC(C)CC(NC(=O)CN(c1nccs1)S(=O)(=O)c1ccccc1)c1ccccc1. The van der Waals surface area contributed by atoms with Gasteiger partial charge in [-0.05, 0) is 30.0 Å². The van der Waals surface area contributed by atoms with Crippen molar-refractivity contribution in [1.29, 1.82) is 0 Å².